The summed E-state index contributed by atoms with van der Waals surface area (Å²) in [6, 6.07) is 9.35. The van der Waals surface area contributed by atoms with Gasteiger partial charge < -0.3 is 9.88 Å². The zero-order valence-corrected chi connectivity index (χ0v) is 13.3. The Bertz CT molecular complexity index is 530. The maximum atomic E-state index is 4.10. The second kappa shape index (κ2) is 7.93. The molecule has 0 aliphatic heterocycles. The first-order valence-electron chi connectivity index (χ1n) is 7.85. The lowest BCUT2D eigenvalue weighted by molar-refractivity contribution is 0.564. The monoisotopic (exact) mass is 286 g/mol. The Labute approximate surface area is 127 Å². The van der Waals surface area contributed by atoms with Crippen LogP contribution in [-0.2, 0) is 19.9 Å². The normalized spacial score (nSPS) is 12.5. The zero-order valence-electron chi connectivity index (χ0n) is 13.3. The Kier molecular flexibility index (Phi) is 5.93. The molecular weight excluding hydrogens is 260 g/mol. The van der Waals surface area contributed by atoms with Gasteiger partial charge in [-0.1, -0.05) is 37.6 Å². The van der Waals surface area contributed by atoms with Crippen molar-refractivity contribution in [2.75, 3.05) is 6.54 Å². The van der Waals surface area contributed by atoms with Crippen molar-refractivity contribution in [3.05, 3.63) is 47.5 Å². The first kappa shape index (κ1) is 15.7. The number of nitrogens with zero attached hydrogens (tertiary/aromatic N) is 3. The molecule has 4 heteroatoms. The number of nitrogens with one attached hydrogen (secondary N) is 1. The Morgan fingerprint density at radius 1 is 1.19 bits per heavy atom. The lowest BCUT2D eigenvalue weighted by Gasteiger charge is -2.14. The van der Waals surface area contributed by atoms with E-state index in [1.165, 1.54) is 30.4 Å². The summed E-state index contributed by atoms with van der Waals surface area (Å²) >= 11 is 0. The van der Waals surface area contributed by atoms with Crippen molar-refractivity contribution in [3.63, 3.8) is 0 Å². The van der Waals surface area contributed by atoms with E-state index in [4.69, 9.17) is 0 Å². The van der Waals surface area contributed by atoms with E-state index in [-0.39, 0.29) is 0 Å². The van der Waals surface area contributed by atoms with Gasteiger partial charge in [-0.25, -0.2) is 0 Å². The largest absolute Gasteiger partial charge is 0.321 e. The minimum Gasteiger partial charge on any atom is -0.321 e. The predicted octanol–water partition coefficient (Wildman–Crippen LogP) is 3.05. The predicted molar refractivity (Wildman–Crippen MR) is 86.2 cm³/mol. The van der Waals surface area contributed by atoms with Gasteiger partial charge >= 0.3 is 0 Å². The Hall–Kier alpha value is -1.68. The standard InChI is InChI=1S/C17H26N4/c1-4-5-6-15-7-9-16(10-8-15)14(2)18-12-11-17-20-19-13-21(17)3/h7-10,13-14,18H,4-6,11-12H2,1-3H3. The van der Waals surface area contributed by atoms with Gasteiger partial charge in [-0.2, -0.15) is 0 Å². The van der Waals surface area contributed by atoms with Crippen molar-refractivity contribution in [2.24, 2.45) is 7.05 Å². The summed E-state index contributed by atoms with van der Waals surface area (Å²) < 4.78 is 1.97. The van der Waals surface area contributed by atoms with Crippen LogP contribution in [0.1, 0.15) is 49.7 Å². The SMILES string of the molecule is CCCCc1ccc(C(C)NCCc2nncn2C)cc1. The molecule has 0 spiro atoms. The molecule has 0 bridgehead atoms. The van der Waals surface area contributed by atoms with Gasteiger partial charge in [-0.05, 0) is 30.9 Å². The van der Waals surface area contributed by atoms with Crippen LogP contribution in [0.15, 0.2) is 30.6 Å². The van der Waals surface area contributed by atoms with Crippen molar-refractivity contribution < 1.29 is 0 Å². The average Bonchev–Trinajstić information content (AvgIpc) is 2.91. The Morgan fingerprint density at radius 3 is 2.57 bits per heavy atom. The molecule has 21 heavy (non-hydrogen) atoms. The summed E-state index contributed by atoms with van der Waals surface area (Å²) in [5.41, 5.74) is 2.78. The molecule has 1 unspecified atom stereocenters. The highest BCUT2D eigenvalue weighted by atomic mass is 15.2. The number of hydrogen-bond acceptors (Lipinski definition) is 3. The average molecular weight is 286 g/mol. The second-order valence-electron chi connectivity index (χ2n) is 5.63. The van der Waals surface area contributed by atoms with Crippen molar-refractivity contribution in [2.45, 2.75) is 45.6 Å². The third-order valence-corrected chi connectivity index (χ3v) is 3.90. The molecule has 0 radical (unpaired) electrons. The minimum atomic E-state index is 0.360. The van der Waals surface area contributed by atoms with Crippen LogP contribution in [0.4, 0.5) is 0 Å². The highest BCUT2D eigenvalue weighted by molar-refractivity contribution is 5.24. The van der Waals surface area contributed by atoms with Gasteiger partial charge in [0.15, 0.2) is 0 Å². The lowest BCUT2D eigenvalue weighted by atomic mass is 10.0. The molecule has 1 atom stereocenters. The third kappa shape index (κ3) is 4.67. The second-order valence-corrected chi connectivity index (χ2v) is 5.63. The first-order valence-corrected chi connectivity index (χ1v) is 7.85. The van der Waals surface area contributed by atoms with E-state index in [9.17, 15) is 0 Å². The molecule has 0 fully saturated rings. The topological polar surface area (TPSA) is 42.7 Å². The van der Waals surface area contributed by atoms with Crippen molar-refractivity contribution in [1.29, 1.82) is 0 Å². The molecule has 114 valence electrons. The molecular formula is C17H26N4. The highest BCUT2D eigenvalue weighted by Crippen LogP contribution is 2.14. The molecule has 1 heterocycles. The van der Waals surface area contributed by atoms with Crippen LogP contribution in [0, 0.1) is 0 Å². The number of aryl methyl sites for hydroxylation is 2. The van der Waals surface area contributed by atoms with Crippen molar-refractivity contribution in [3.8, 4) is 0 Å². The Morgan fingerprint density at radius 2 is 1.95 bits per heavy atom. The number of aromatic nitrogens is 3. The fourth-order valence-corrected chi connectivity index (χ4v) is 2.41. The summed E-state index contributed by atoms with van der Waals surface area (Å²) in [4.78, 5) is 0. The minimum absolute atomic E-state index is 0.360. The molecule has 0 saturated carbocycles. The summed E-state index contributed by atoms with van der Waals surface area (Å²) in [6.07, 6.45) is 6.35. The molecule has 0 aliphatic rings. The van der Waals surface area contributed by atoms with E-state index in [1.807, 2.05) is 11.6 Å². The van der Waals surface area contributed by atoms with E-state index in [0.29, 0.717) is 6.04 Å². The highest BCUT2D eigenvalue weighted by Gasteiger charge is 2.06. The van der Waals surface area contributed by atoms with Crippen LogP contribution < -0.4 is 5.32 Å². The smallest absolute Gasteiger partial charge is 0.133 e. The first-order chi connectivity index (χ1) is 10.2. The van der Waals surface area contributed by atoms with Gasteiger partial charge in [0, 0.05) is 26.1 Å². The summed E-state index contributed by atoms with van der Waals surface area (Å²) in [5, 5.41) is 11.5. The van der Waals surface area contributed by atoms with Crippen LogP contribution in [0.2, 0.25) is 0 Å². The van der Waals surface area contributed by atoms with E-state index in [1.54, 1.807) is 6.33 Å². The van der Waals surface area contributed by atoms with Gasteiger partial charge in [0.2, 0.25) is 0 Å². The van der Waals surface area contributed by atoms with Crippen molar-refractivity contribution in [1.82, 2.24) is 20.1 Å². The Balaban J connectivity index is 1.80. The van der Waals surface area contributed by atoms with E-state index in [0.717, 1.165) is 18.8 Å². The molecule has 2 aromatic rings. The molecule has 0 amide bonds. The maximum absolute atomic E-state index is 4.10. The third-order valence-electron chi connectivity index (χ3n) is 3.90. The fraction of sp³-hybridized carbons (Fsp3) is 0.529. The molecule has 1 N–H and O–H groups in total. The maximum Gasteiger partial charge on any atom is 0.133 e. The van der Waals surface area contributed by atoms with E-state index >= 15 is 0 Å². The fourth-order valence-electron chi connectivity index (χ4n) is 2.41. The molecule has 0 aliphatic carbocycles. The van der Waals surface area contributed by atoms with Crippen LogP contribution in [0.25, 0.3) is 0 Å². The number of rotatable bonds is 8. The quantitative estimate of drug-likeness (QED) is 0.811. The molecule has 2 rings (SSSR count). The summed E-state index contributed by atoms with van der Waals surface area (Å²) in [6.45, 7) is 5.35. The van der Waals surface area contributed by atoms with Gasteiger partial charge in [0.1, 0.15) is 12.2 Å². The molecule has 1 aromatic heterocycles. The van der Waals surface area contributed by atoms with Gasteiger partial charge in [-0.3, -0.25) is 0 Å². The van der Waals surface area contributed by atoms with Gasteiger partial charge in [0.25, 0.3) is 0 Å². The molecule has 0 saturated heterocycles. The van der Waals surface area contributed by atoms with Crippen LogP contribution >= 0.6 is 0 Å². The van der Waals surface area contributed by atoms with Crippen molar-refractivity contribution >= 4 is 0 Å². The molecule has 4 nitrogen and oxygen atoms in total. The number of benzene rings is 1. The van der Waals surface area contributed by atoms with Crippen LogP contribution in [-0.4, -0.2) is 21.3 Å². The lowest BCUT2D eigenvalue weighted by Crippen LogP contribution is -2.22. The van der Waals surface area contributed by atoms with E-state index < -0.39 is 0 Å². The van der Waals surface area contributed by atoms with Crippen LogP contribution in [0.3, 0.4) is 0 Å². The van der Waals surface area contributed by atoms with Gasteiger partial charge in [-0.15, -0.1) is 10.2 Å². The van der Waals surface area contributed by atoms with Gasteiger partial charge in [0.05, 0.1) is 0 Å². The molecule has 1 aromatic carbocycles. The number of unbranched alkanes of at least 4 members (excludes halogenated alkanes) is 1. The zero-order chi connectivity index (χ0) is 15.1. The van der Waals surface area contributed by atoms with E-state index in [2.05, 4.69) is 53.6 Å². The summed E-state index contributed by atoms with van der Waals surface area (Å²) in [5.74, 6) is 1.02. The number of hydrogen-bond donors (Lipinski definition) is 1. The summed E-state index contributed by atoms with van der Waals surface area (Å²) in [7, 11) is 1.98. The van der Waals surface area contributed by atoms with Crippen LogP contribution in [0.5, 0.6) is 0 Å².